The zero-order chi connectivity index (χ0) is 21.2. The van der Waals surface area contributed by atoms with Crippen molar-refractivity contribution >= 4 is 0 Å². The van der Waals surface area contributed by atoms with Gasteiger partial charge in [-0.3, -0.25) is 14.0 Å². The molecule has 0 spiro atoms. The number of likely N-dealkylation sites (tertiary alicyclic amines) is 1. The lowest BCUT2D eigenvalue weighted by molar-refractivity contribution is 0.221. The summed E-state index contributed by atoms with van der Waals surface area (Å²) in [6.45, 7) is 4.48. The van der Waals surface area contributed by atoms with E-state index in [0.717, 1.165) is 24.9 Å². The van der Waals surface area contributed by atoms with E-state index in [2.05, 4.69) is 53.4 Å². The zero-order valence-electron chi connectivity index (χ0n) is 18.0. The fraction of sp³-hybridized carbons (Fsp3) is 0.423. The third kappa shape index (κ3) is 4.62. The van der Waals surface area contributed by atoms with E-state index < -0.39 is 0 Å². The number of rotatable bonds is 7. The van der Waals surface area contributed by atoms with Crippen molar-refractivity contribution < 1.29 is 5.11 Å². The van der Waals surface area contributed by atoms with Crippen molar-refractivity contribution in [3.63, 3.8) is 0 Å². The third-order valence-electron chi connectivity index (χ3n) is 6.64. The molecule has 2 heterocycles. The highest BCUT2D eigenvalue weighted by Crippen LogP contribution is 2.31. The summed E-state index contributed by atoms with van der Waals surface area (Å²) >= 11 is 0. The minimum atomic E-state index is -0.125. The van der Waals surface area contributed by atoms with E-state index in [0.29, 0.717) is 19.0 Å². The molecule has 2 fully saturated rings. The fourth-order valence-corrected chi connectivity index (χ4v) is 4.65. The van der Waals surface area contributed by atoms with Gasteiger partial charge in [0.25, 0.3) is 0 Å². The number of benzene rings is 2. The molecule has 1 aliphatic carbocycles. The van der Waals surface area contributed by atoms with Gasteiger partial charge in [-0.15, -0.1) is 0 Å². The van der Waals surface area contributed by atoms with Crippen LogP contribution in [0.1, 0.15) is 43.2 Å². The van der Waals surface area contributed by atoms with Crippen LogP contribution in [0.15, 0.2) is 59.5 Å². The molecule has 0 amide bonds. The van der Waals surface area contributed by atoms with Gasteiger partial charge in [-0.25, -0.2) is 4.79 Å². The average Bonchev–Trinajstić information content (AvgIpc) is 3.58. The average molecular weight is 418 g/mol. The van der Waals surface area contributed by atoms with E-state index in [9.17, 15) is 9.90 Å². The molecular weight excluding hydrogens is 386 g/mol. The smallest absolute Gasteiger partial charge is 0.331 e. The van der Waals surface area contributed by atoms with Crippen LogP contribution in [0.3, 0.4) is 0 Å². The van der Waals surface area contributed by atoms with Crippen LogP contribution in [0.25, 0.3) is 11.1 Å². The fourth-order valence-electron chi connectivity index (χ4n) is 4.65. The summed E-state index contributed by atoms with van der Waals surface area (Å²) in [5, 5.41) is 10.2. The summed E-state index contributed by atoms with van der Waals surface area (Å²) < 4.78 is 3.11. The van der Waals surface area contributed by atoms with Gasteiger partial charge in [0.1, 0.15) is 0 Å². The van der Waals surface area contributed by atoms with Crippen LogP contribution in [0.5, 0.6) is 5.88 Å². The van der Waals surface area contributed by atoms with Crippen molar-refractivity contribution in [2.24, 2.45) is 5.92 Å². The van der Waals surface area contributed by atoms with E-state index >= 15 is 0 Å². The Bertz CT molecular complexity index is 1090. The molecular formula is C26H31N3O2. The van der Waals surface area contributed by atoms with E-state index in [1.54, 1.807) is 10.8 Å². The summed E-state index contributed by atoms with van der Waals surface area (Å²) in [4.78, 5) is 15.2. The van der Waals surface area contributed by atoms with Crippen LogP contribution < -0.4 is 5.69 Å². The van der Waals surface area contributed by atoms with Crippen LogP contribution in [-0.2, 0) is 19.6 Å². The Morgan fingerprint density at radius 1 is 0.903 bits per heavy atom. The molecule has 5 rings (SSSR count). The highest BCUT2D eigenvalue weighted by Gasteiger charge is 2.24. The molecule has 0 atom stereocenters. The maximum atomic E-state index is 12.6. The predicted octanol–water partition coefficient (Wildman–Crippen LogP) is 4.47. The van der Waals surface area contributed by atoms with Gasteiger partial charge in [-0.1, -0.05) is 55.0 Å². The Kier molecular flexibility index (Phi) is 5.68. The van der Waals surface area contributed by atoms with Gasteiger partial charge < -0.3 is 5.11 Å². The van der Waals surface area contributed by atoms with E-state index in [-0.39, 0.29) is 11.6 Å². The molecule has 0 radical (unpaired) electrons. The summed E-state index contributed by atoms with van der Waals surface area (Å²) in [5.74, 6) is 0.615. The molecule has 1 aromatic heterocycles. The summed E-state index contributed by atoms with van der Waals surface area (Å²) in [6, 6.07) is 17.2. The molecule has 0 bridgehead atoms. The topological polar surface area (TPSA) is 50.4 Å². The molecule has 2 aliphatic rings. The molecule has 0 unspecified atom stereocenters. The van der Waals surface area contributed by atoms with Crippen molar-refractivity contribution in [1.29, 1.82) is 0 Å². The van der Waals surface area contributed by atoms with Gasteiger partial charge >= 0.3 is 5.69 Å². The lowest BCUT2D eigenvalue weighted by Gasteiger charge is -2.27. The number of aromatic nitrogens is 2. The van der Waals surface area contributed by atoms with Crippen LogP contribution in [-0.4, -0.2) is 32.2 Å². The van der Waals surface area contributed by atoms with Crippen LogP contribution in [0.2, 0.25) is 0 Å². The summed E-state index contributed by atoms with van der Waals surface area (Å²) in [5.41, 5.74) is 4.79. The first-order chi connectivity index (χ1) is 15.2. The van der Waals surface area contributed by atoms with Crippen molar-refractivity contribution in [1.82, 2.24) is 14.0 Å². The standard InChI is InChI=1S/C26H31N3O2/c30-25-19-28(26(31)29(25)17-21-8-9-21)16-20-10-12-22(13-11-20)24-7-3-2-6-23(24)18-27-14-4-1-5-15-27/h2-3,6-7,10-13,19,21,30H,1,4-5,8-9,14-18H2. The number of hydrogen-bond acceptors (Lipinski definition) is 3. The van der Waals surface area contributed by atoms with Gasteiger partial charge in [-0.05, 0) is 66.9 Å². The molecule has 5 nitrogen and oxygen atoms in total. The van der Waals surface area contributed by atoms with Crippen LogP contribution in [0, 0.1) is 5.92 Å². The van der Waals surface area contributed by atoms with Gasteiger partial charge in [-0.2, -0.15) is 0 Å². The van der Waals surface area contributed by atoms with Crippen molar-refractivity contribution in [2.75, 3.05) is 13.1 Å². The number of nitrogens with zero attached hydrogens (tertiary/aromatic N) is 3. The van der Waals surface area contributed by atoms with Crippen molar-refractivity contribution in [2.45, 2.75) is 51.7 Å². The third-order valence-corrected chi connectivity index (χ3v) is 6.64. The molecule has 1 saturated carbocycles. The molecule has 31 heavy (non-hydrogen) atoms. The van der Waals surface area contributed by atoms with Gasteiger partial charge in [0, 0.05) is 13.1 Å². The Morgan fingerprint density at radius 3 is 2.39 bits per heavy atom. The largest absolute Gasteiger partial charge is 0.493 e. The van der Waals surface area contributed by atoms with Gasteiger partial charge in [0.2, 0.25) is 5.88 Å². The molecule has 1 N–H and O–H groups in total. The molecule has 3 aromatic rings. The van der Waals surface area contributed by atoms with Crippen molar-refractivity contribution in [3.05, 3.63) is 76.3 Å². The number of imidazole rings is 1. The molecule has 2 aromatic carbocycles. The lowest BCUT2D eigenvalue weighted by atomic mass is 9.97. The van der Waals surface area contributed by atoms with Crippen molar-refractivity contribution in [3.8, 4) is 17.0 Å². The highest BCUT2D eigenvalue weighted by atomic mass is 16.3. The monoisotopic (exact) mass is 417 g/mol. The lowest BCUT2D eigenvalue weighted by Crippen LogP contribution is -2.29. The molecule has 162 valence electrons. The van der Waals surface area contributed by atoms with Gasteiger partial charge in [0.05, 0.1) is 12.7 Å². The number of aromatic hydroxyl groups is 1. The zero-order valence-corrected chi connectivity index (χ0v) is 18.0. The number of piperidine rings is 1. The maximum Gasteiger partial charge on any atom is 0.331 e. The van der Waals surface area contributed by atoms with Gasteiger partial charge in [0.15, 0.2) is 0 Å². The second-order valence-corrected chi connectivity index (χ2v) is 9.14. The second-order valence-electron chi connectivity index (χ2n) is 9.14. The number of hydrogen-bond donors (Lipinski definition) is 1. The molecule has 1 saturated heterocycles. The van der Waals surface area contributed by atoms with Crippen LogP contribution in [0.4, 0.5) is 0 Å². The van der Waals surface area contributed by atoms with Crippen LogP contribution >= 0.6 is 0 Å². The predicted molar refractivity (Wildman–Crippen MR) is 123 cm³/mol. The first-order valence-electron chi connectivity index (χ1n) is 11.6. The SMILES string of the molecule is O=c1n(Cc2ccc(-c3ccccc3CN3CCCCC3)cc2)cc(O)n1CC1CC1. The van der Waals surface area contributed by atoms with E-state index in [4.69, 9.17) is 0 Å². The maximum absolute atomic E-state index is 12.6. The molecule has 1 aliphatic heterocycles. The molecule has 5 heteroatoms. The Morgan fingerprint density at radius 2 is 1.65 bits per heavy atom. The summed E-state index contributed by atoms with van der Waals surface area (Å²) in [7, 11) is 0. The second kappa shape index (κ2) is 8.75. The Balaban J connectivity index is 1.32. The Hall–Kier alpha value is -2.79. The quantitative estimate of drug-likeness (QED) is 0.617. The normalized spacial score (nSPS) is 17.2. The minimum absolute atomic E-state index is 0.0696. The first kappa shape index (κ1) is 20.1. The van der Waals surface area contributed by atoms with E-state index in [1.165, 1.54) is 53.6 Å². The van der Waals surface area contributed by atoms with E-state index in [1.807, 2.05) is 0 Å². The minimum Gasteiger partial charge on any atom is -0.493 e. The highest BCUT2D eigenvalue weighted by molar-refractivity contribution is 5.67. The summed E-state index contributed by atoms with van der Waals surface area (Å²) in [6.07, 6.45) is 7.81. The Labute approximate surface area is 183 Å². The first-order valence-corrected chi connectivity index (χ1v) is 11.6.